The van der Waals surface area contributed by atoms with E-state index in [-0.39, 0.29) is 17.9 Å². The minimum Gasteiger partial charge on any atom is -0.351 e. The Morgan fingerprint density at radius 2 is 2.32 bits per heavy atom. The van der Waals surface area contributed by atoms with Crippen LogP contribution in [0.3, 0.4) is 0 Å². The van der Waals surface area contributed by atoms with E-state index in [1.165, 1.54) is 18.3 Å². The third-order valence-corrected chi connectivity index (χ3v) is 4.11. The number of thiophene rings is 1. The Kier molecular flexibility index (Phi) is 4.93. The fourth-order valence-corrected chi connectivity index (χ4v) is 2.89. The molecule has 1 aliphatic rings. The zero-order valence-electron chi connectivity index (χ0n) is 11.0. The number of amides is 2. The zero-order chi connectivity index (χ0) is 13.7. The maximum atomic E-state index is 12.0. The standard InChI is InChI=1S/C13H19N3O2S/c1-9(17)15-8-11-4-5-12(19-11)13(18)16-10-3-2-6-14-7-10/h4-5,10,14H,2-3,6-8H2,1H3,(H,15,17)(H,16,18)/t10-/m0/s1. The number of hydrogen-bond donors (Lipinski definition) is 3. The minimum absolute atomic E-state index is 0.0206. The molecule has 19 heavy (non-hydrogen) atoms. The molecule has 0 radical (unpaired) electrons. The van der Waals surface area contributed by atoms with Gasteiger partial charge in [0.1, 0.15) is 0 Å². The number of carbonyl (C=O) groups is 2. The fraction of sp³-hybridized carbons (Fsp3) is 0.538. The average molecular weight is 281 g/mol. The normalized spacial score (nSPS) is 18.9. The lowest BCUT2D eigenvalue weighted by Gasteiger charge is -2.23. The molecule has 1 saturated heterocycles. The molecule has 2 heterocycles. The zero-order valence-corrected chi connectivity index (χ0v) is 11.8. The van der Waals surface area contributed by atoms with Gasteiger partial charge in [-0.3, -0.25) is 9.59 Å². The van der Waals surface area contributed by atoms with Crippen molar-refractivity contribution in [2.24, 2.45) is 0 Å². The van der Waals surface area contributed by atoms with E-state index in [1.54, 1.807) is 0 Å². The summed E-state index contributed by atoms with van der Waals surface area (Å²) < 4.78 is 0. The Bertz CT molecular complexity index is 452. The number of rotatable bonds is 4. The first kappa shape index (κ1) is 14.0. The van der Waals surface area contributed by atoms with Crippen molar-refractivity contribution in [3.8, 4) is 0 Å². The highest BCUT2D eigenvalue weighted by molar-refractivity contribution is 7.14. The Labute approximate surface area is 116 Å². The molecular weight excluding hydrogens is 262 g/mol. The van der Waals surface area contributed by atoms with Crippen molar-refractivity contribution in [1.82, 2.24) is 16.0 Å². The van der Waals surface area contributed by atoms with E-state index in [0.717, 1.165) is 30.8 Å². The van der Waals surface area contributed by atoms with Crippen molar-refractivity contribution >= 4 is 23.2 Å². The molecule has 5 nitrogen and oxygen atoms in total. The van der Waals surface area contributed by atoms with Crippen molar-refractivity contribution in [2.75, 3.05) is 13.1 Å². The summed E-state index contributed by atoms with van der Waals surface area (Å²) in [5.41, 5.74) is 0. The van der Waals surface area contributed by atoms with Crippen LogP contribution in [-0.2, 0) is 11.3 Å². The number of piperidine rings is 1. The van der Waals surface area contributed by atoms with Crippen LogP contribution in [0, 0.1) is 0 Å². The van der Waals surface area contributed by atoms with E-state index < -0.39 is 0 Å². The van der Waals surface area contributed by atoms with Crippen molar-refractivity contribution < 1.29 is 9.59 Å². The van der Waals surface area contributed by atoms with Gasteiger partial charge >= 0.3 is 0 Å². The highest BCUT2D eigenvalue weighted by Gasteiger charge is 2.17. The van der Waals surface area contributed by atoms with Gasteiger partial charge in [-0.15, -0.1) is 11.3 Å². The van der Waals surface area contributed by atoms with Crippen LogP contribution in [-0.4, -0.2) is 30.9 Å². The SMILES string of the molecule is CC(=O)NCc1ccc(C(=O)N[C@H]2CCCNC2)s1. The molecule has 1 fully saturated rings. The summed E-state index contributed by atoms with van der Waals surface area (Å²) in [5.74, 6) is -0.0829. The molecule has 0 saturated carbocycles. The molecule has 1 aromatic rings. The minimum atomic E-state index is -0.0623. The summed E-state index contributed by atoms with van der Waals surface area (Å²) in [7, 11) is 0. The second-order valence-electron chi connectivity index (χ2n) is 4.69. The van der Waals surface area contributed by atoms with Crippen molar-refractivity contribution in [1.29, 1.82) is 0 Å². The summed E-state index contributed by atoms with van der Waals surface area (Å²) in [6.45, 7) is 3.84. The van der Waals surface area contributed by atoms with Crippen molar-refractivity contribution in [2.45, 2.75) is 32.4 Å². The van der Waals surface area contributed by atoms with Crippen LogP contribution in [0.15, 0.2) is 12.1 Å². The first-order chi connectivity index (χ1) is 9.15. The van der Waals surface area contributed by atoms with Gasteiger partial charge in [0.15, 0.2) is 0 Å². The molecule has 1 atom stereocenters. The Balaban J connectivity index is 1.86. The fourth-order valence-electron chi connectivity index (χ4n) is 2.04. The second kappa shape index (κ2) is 6.68. The third kappa shape index (κ3) is 4.33. The molecule has 3 N–H and O–H groups in total. The van der Waals surface area contributed by atoms with Gasteiger partial charge in [-0.25, -0.2) is 0 Å². The van der Waals surface area contributed by atoms with E-state index in [0.29, 0.717) is 11.4 Å². The van der Waals surface area contributed by atoms with Gasteiger partial charge in [0, 0.05) is 24.4 Å². The smallest absolute Gasteiger partial charge is 0.261 e. The molecule has 0 aromatic carbocycles. The molecular formula is C13H19N3O2S. The van der Waals surface area contributed by atoms with E-state index in [9.17, 15) is 9.59 Å². The van der Waals surface area contributed by atoms with E-state index in [4.69, 9.17) is 0 Å². The first-order valence-corrected chi connectivity index (χ1v) is 7.31. The quantitative estimate of drug-likeness (QED) is 0.767. The topological polar surface area (TPSA) is 70.2 Å². The van der Waals surface area contributed by atoms with Gasteiger partial charge in [-0.2, -0.15) is 0 Å². The number of carbonyl (C=O) groups excluding carboxylic acids is 2. The van der Waals surface area contributed by atoms with Crippen LogP contribution in [0.1, 0.15) is 34.3 Å². The Morgan fingerprint density at radius 3 is 3.00 bits per heavy atom. The molecule has 0 aliphatic carbocycles. The second-order valence-corrected chi connectivity index (χ2v) is 5.86. The van der Waals surface area contributed by atoms with E-state index >= 15 is 0 Å². The van der Waals surface area contributed by atoms with Crippen molar-refractivity contribution in [3.63, 3.8) is 0 Å². The van der Waals surface area contributed by atoms with Crippen LogP contribution in [0.4, 0.5) is 0 Å². The number of hydrogen-bond acceptors (Lipinski definition) is 4. The van der Waals surface area contributed by atoms with E-state index in [1.807, 2.05) is 12.1 Å². The summed E-state index contributed by atoms with van der Waals surface area (Å²) >= 11 is 1.42. The molecule has 1 aromatic heterocycles. The lowest BCUT2D eigenvalue weighted by Crippen LogP contribution is -2.45. The summed E-state index contributed by atoms with van der Waals surface area (Å²) in [6, 6.07) is 3.92. The van der Waals surface area contributed by atoms with Gasteiger partial charge in [0.25, 0.3) is 5.91 Å². The van der Waals surface area contributed by atoms with Gasteiger partial charge in [0.05, 0.1) is 11.4 Å². The predicted molar refractivity (Wildman–Crippen MR) is 75.2 cm³/mol. The maximum absolute atomic E-state index is 12.0. The average Bonchev–Trinajstić information content (AvgIpc) is 2.86. The lowest BCUT2D eigenvalue weighted by molar-refractivity contribution is -0.119. The molecule has 2 amide bonds. The number of nitrogens with one attached hydrogen (secondary N) is 3. The monoisotopic (exact) mass is 281 g/mol. The maximum Gasteiger partial charge on any atom is 0.261 e. The third-order valence-electron chi connectivity index (χ3n) is 3.03. The van der Waals surface area contributed by atoms with Gasteiger partial charge in [0.2, 0.25) is 5.91 Å². The molecule has 0 bridgehead atoms. The van der Waals surface area contributed by atoms with Crippen LogP contribution < -0.4 is 16.0 Å². The van der Waals surface area contributed by atoms with E-state index in [2.05, 4.69) is 16.0 Å². The van der Waals surface area contributed by atoms with Gasteiger partial charge in [-0.05, 0) is 31.5 Å². The molecule has 1 aliphatic heterocycles. The van der Waals surface area contributed by atoms with Crippen molar-refractivity contribution in [3.05, 3.63) is 21.9 Å². The van der Waals surface area contributed by atoms with Gasteiger partial charge in [-0.1, -0.05) is 0 Å². The van der Waals surface area contributed by atoms with Crippen LogP contribution >= 0.6 is 11.3 Å². The summed E-state index contributed by atoms with van der Waals surface area (Å²) in [6.07, 6.45) is 2.13. The molecule has 0 spiro atoms. The predicted octanol–water partition coefficient (Wildman–Crippen LogP) is 0.866. The van der Waals surface area contributed by atoms with Crippen LogP contribution in [0.25, 0.3) is 0 Å². The molecule has 6 heteroatoms. The largest absolute Gasteiger partial charge is 0.351 e. The first-order valence-electron chi connectivity index (χ1n) is 6.50. The highest BCUT2D eigenvalue weighted by atomic mass is 32.1. The lowest BCUT2D eigenvalue weighted by atomic mass is 10.1. The van der Waals surface area contributed by atoms with Crippen LogP contribution in [0.5, 0.6) is 0 Å². The summed E-state index contributed by atoms with van der Waals surface area (Å²) in [4.78, 5) is 24.6. The van der Waals surface area contributed by atoms with Crippen LogP contribution in [0.2, 0.25) is 0 Å². The Morgan fingerprint density at radius 1 is 1.47 bits per heavy atom. The van der Waals surface area contributed by atoms with Gasteiger partial charge < -0.3 is 16.0 Å². The highest BCUT2D eigenvalue weighted by Crippen LogP contribution is 2.16. The summed E-state index contributed by atoms with van der Waals surface area (Å²) in [5, 5.41) is 9.03. The molecule has 104 valence electrons. The molecule has 2 rings (SSSR count). The Hall–Kier alpha value is -1.40. The molecule has 0 unspecified atom stereocenters.